The normalized spacial score (nSPS) is 18.4. The maximum atomic E-state index is 6.02. The summed E-state index contributed by atoms with van der Waals surface area (Å²) in [5, 5.41) is 5.74. The Bertz CT molecular complexity index is 1070. The molecule has 0 aromatic heterocycles. The lowest BCUT2D eigenvalue weighted by molar-refractivity contribution is 0.383. The van der Waals surface area contributed by atoms with Crippen LogP contribution in [0.5, 0.6) is 17.2 Å². The van der Waals surface area contributed by atoms with Crippen LogP contribution in [0.3, 0.4) is 0 Å². The fourth-order valence-electron chi connectivity index (χ4n) is 4.84. The summed E-state index contributed by atoms with van der Waals surface area (Å²) in [6, 6.07) is 13.4. The van der Waals surface area contributed by atoms with E-state index < -0.39 is 0 Å². The smallest absolute Gasteiger partial charge is 0.131 e. The maximum absolute atomic E-state index is 6.02. The third kappa shape index (κ3) is 3.12. The number of fused-ring (bicyclic) bond motifs is 2. The minimum Gasteiger partial charge on any atom is -0.496 e. The van der Waals surface area contributed by atoms with Gasteiger partial charge in [0.05, 0.1) is 26.7 Å². The van der Waals surface area contributed by atoms with Crippen molar-refractivity contribution in [3.63, 3.8) is 0 Å². The van der Waals surface area contributed by atoms with E-state index in [0.29, 0.717) is 6.04 Å². The molecule has 1 heterocycles. The molecule has 3 aromatic rings. The largest absolute Gasteiger partial charge is 0.496 e. The summed E-state index contributed by atoms with van der Waals surface area (Å²) >= 11 is 0. The Morgan fingerprint density at radius 3 is 2.38 bits per heavy atom. The molecule has 152 valence electrons. The second kappa shape index (κ2) is 7.60. The van der Waals surface area contributed by atoms with Crippen molar-refractivity contribution in [3.05, 3.63) is 53.1 Å². The topological polar surface area (TPSA) is 39.7 Å². The van der Waals surface area contributed by atoms with Crippen LogP contribution in [0.2, 0.25) is 0 Å². The highest BCUT2D eigenvalue weighted by molar-refractivity contribution is 6.05. The lowest BCUT2D eigenvalue weighted by Crippen LogP contribution is -2.36. The lowest BCUT2D eigenvalue weighted by Gasteiger charge is -2.32. The Labute approximate surface area is 172 Å². The van der Waals surface area contributed by atoms with Gasteiger partial charge in [-0.2, -0.15) is 0 Å². The zero-order chi connectivity index (χ0) is 20.7. The van der Waals surface area contributed by atoms with Gasteiger partial charge in [0.1, 0.15) is 17.2 Å². The highest BCUT2D eigenvalue weighted by atomic mass is 16.5. The average Bonchev–Trinajstić information content (AvgIpc) is 2.71. The molecular weight excluding hydrogens is 362 g/mol. The number of hydrogen-bond acceptors (Lipinski definition) is 4. The summed E-state index contributed by atoms with van der Waals surface area (Å²) in [5.41, 5.74) is 6.02. The number of methoxy groups -OCH3 is 3. The van der Waals surface area contributed by atoms with Gasteiger partial charge in [-0.05, 0) is 61.4 Å². The van der Waals surface area contributed by atoms with Crippen molar-refractivity contribution in [3.8, 4) is 28.4 Å². The molecule has 0 amide bonds. The fourth-order valence-corrected chi connectivity index (χ4v) is 4.84. The number of benzene rings is 3. The predicted octanol–water partition coefficient (Wildman–Crippen LogP) is 5.44. The summed E-state index contributed by atoms with van der Waals surface area (Å²) in [7, 11) is 5.17. The summed E-state index contributed by atoms with van der Waals surface area (Å²) in [5.74, 6) is 2.58. The van der Waals surface area contributed by atoms with E-state index in [2.05, 4.69) is 50.4 Å². The van der Waals surface area contributed by atoms with E-state index >= 15 is 0 Å². The second-order valence-electron chi connectivity index (χ2n) is 7.87. The van der Waals surface area contributed by atoms with Gasteiger partial charge in [-0.15, -0.1) is 0 Å². The van der Waals surface area contributed by atoms with Gasteiger partial charge < -0.3 is 19.5 Å². The van der Waals surface area contributed by atoms with Crippen molar-refractivity contribution in [2.75, 3.05) is 21.3 Å². The first kappa shape index (κ1) is 19.6. The molecule has 0 aliphatic carbocycles. The first-order valence-corrected chi connectivity index (χ1v) is 10.1. The number of rotatable bonds is 4. The Balaban J connectivity index is 2.06. The molecule has 4 rings (SSSR count). The van der Waals surface area contributed by atoms with Gasteiger partial charge in [0, 0.05) is 23.2 Å². The van der Waals surface area contributed by atoms with Crippen molar-refractivity contribution < 1.29 is 14.2 Å². The van der Waals surface area contributed by atoms with E-state index in [1.165, 1.54) is 11.1 Å². The molecule has 4 nitrogen and oxygen atoms in total. The SMILES string of the molecule is COc1c(-c2c(C)cc(OC)c3c(OC)cccc23)ccc2c1[C@H](C)N[C@@H](C)C2. The van der Waals surface area contributed by atoms with Gasteiger partial charge in [-0.3, -0.25) is 0 Å². The van der Waals surface area contributed by atoms with E-state index in [-0.39, 0.29) is 6.04 Å². The third-order valence-electron chi connectivity index (χ3n) is 5.98. The van der Waals surface area contributed by atoms with Gasteiger partial charge in [-0.1, -0.05) is 24.3 Å². The Morgan fingerprint density at radius 2 is 1.69 bits per heavy atom. The molecule has 3 aromatic carbocycles. The van der Waals surface area contributed by atoms with Crippen molar-refractivity contribution in [1.82, 2.24) is 5.32 Å². The first-order valence-electron chi connectivity index (χ1n) is 10.1. The van der Waals surface area contributed by atoms with Crippen LogP contribution in [0, 0.1) is 6.92 Å². The zero-order valence-corrected chi connectivity index (χ0v) is 18.1. The average molecular weight is 392 g/mol. The molecule has 0 spiro atoms. The quantitative estimate of drug-likeness (QED) is 0.643. The van der Waals surface area contributed by atoms with Crippen molar-refractivity contribution in [1.29, 1.82) is 0 Å². The number of nitrogens with one attached hydrogen (secondary N) is 1. The van der Waals surface area contributed by atoms with E-state index in [1.807, 2.05) is 12.1 Å². The molecular formula is C25H29NO3. The molecule has 1 N–H and O–H groups in total. The molecule has 0 fully saturated rings. The molecule has 0 saturated carbocycles. The van der Waals surface area contributed by atoms with Crippen LogP contribution in [-0.4, -0.2) is 27.4 Å². The molecule has 29 heavy (non-hydrogen) atoms. The minimum atomic E-state index is 0.239. The maximum Gasteiger partial charge on any atom is 0.131 e. The molecule has 1 aliphatic heterocycles. The van der Waals surface area contributed by atoms with Crippen molar-refractivity contribution in [2.24, 2.45) is 0 Å². The summed E-state index contributed by atoms with van der Waals surface area (Å²) in [4.78, 5) is 0. The number of hydrogen-bond donors (Lipinski definition) is 1. The number of ether oxygens (including phenoxy) is 3. The predicted molar refractivity (Wildman–Crippen MR) is 118 cm³/mol. The Morgan fingerprint density at radius 1 is 0.931 bits per heavy atom. The summed E-state index contributed by atoms with van der Waals surface area (Å²) in [6.07, 6.45) is 1.01. The summed E-state index contributed by atoms with van der Waals surface area (Å²) in [6.45, 7) is 6.56. The molecule has 0 bridgehead atoms. The summed E-state index contributed by atoms with van der Waals surface area (Å²) < 4.78 is 17.4. The Hall–Kier alpha value is -2.72. The molecule has 0 saturated heterocycles. The van der Waals surface area contributed by atoms with E-state index in [0.717, 1.165) is 51.1 Å². The highest BCUT2D eigenvalue weighted by Gasteiger charge is 2.27. The monoisotopic (exact) mass is 391 g/mol. The molecule has 1 aliphatic rings. The van der Waals surface area contributed by atoms with E-state index in [9.17, 15) is 0 Å². The fraction of sp³-hybridized carbons (Fsp3) is 0.360. The van der Waals surface area contributed by atoms with Crippen molar-refractivity contribution in [2.45, 2.75) is 39.3 Å². The van der Waals surface area contributed by atoms with E-state index in [1.54, 1.807) is 21.3 Å². The molecule has 4 heteroatoms. The van der Waals surface area contributed by atoms with Gasteiger partial charge in [0.2, 0.25) is 0 Å². The van der Waals surface area contributed by atoms with Crippen molar-refractivity contribution >= 4 is 10.8 Å². The lowest BCUT2D eigenvalue weighted by atomic mass is 9.85. The third-order valence-corrected chi connectivity index (χ3v) is 5.98. The number of aryl methyl sites for hydroxylation is 1. The van der Waals surface area contributed by atoms with Gasteiger partial charge in [0.15, 0.2) is 0 Å². The van der Waals surface area contributed by atoms with Crippen LogP contribution in [0.25, 0.3) is 21.9 Å². The van der Waals surface area contributed by atoms with Crippen LogP contribution in [0.1, 0.15) is 36.6 Å². The van der Waals surface area contributed by atoms with Crippen LogP contribution < -0.4 is 19.5 Å². The van der Waals surface area contributed by atoms with Crippen LogP contribution in [0.4, 0.5) is 0 Å². The second-order valence-corrected chi connectivity index (χ2v) is 7.87. The first-order chi connectivity index (χ1) is 14.0. The Kier molecular flexibility index (Phi) is 5.13. The molecule has 2 atom stereocenters. The zero-order valence-electron chi connectivity index (χ0n) is 18.1. The van der Waals surface area contributed by atoms with Crippen LogP contribution in [0.15, 0.2) is 36.4 Å². The van der Waals surface area contributed by atoms with Crippen LogP contribution >= 0.6 is 0 Å². The van der Waals surface area contributed by atoms with E-state index in [4.69, 9.17) is 14.2 Å². The van der Waals surface area contributed by atoms with Crippen LogP contribution in [-0.2, 0) is 6.42 Å². The highest BCUT2D eigenvalue weighted by Crippen LogP contribution is 2.47. The standard InChI is InChI=1S/C25H29NO3/c1-14-12-21(28-5)24-18(8-7-9-20(24)27-4)22(14)19-11-10-17-13-15(2)26-16(3)23(17)25(19)29-6/h7-12,15-16,26H,13H2,1-6H3/t15-,16-/m0/s1. The molecule has 0 unspecified atom stereocenters. The molecule has 0 radical (unpaired) electrons. The van der Waals surface area contributed by atoms with Gasteiger partial charge >= 0.3 is 0 Å². The van der Waals surface area contributed by atoms with Gasteiger partial charge in [0.25, 0.3) is 0 Å². The minimum absolute atomic E-state index is 0.239. The van der Waals surface area contributed by atoms with Gasteiger partial charge in [-0.25, -0.2) is 0 Å².